The highest BCUT2D eigenvalue weighted by atomic mass is 16.5. The van der Waals surface area contributed by atoms with Gasteiger partial charge in [-0.2, -0.15) is 0 Å². The van der Waals surface area contributed by atoms with Crippen molar-refractivity contribution in [3.05, 3.63) is 0 Å². The van der Waals surface area contributed by atoms with Gasteiger partial charge in [-0.3, -0.25) is 4.79 Å². The zero-order chi connectivity index (χ0) is 12.3. The lowest BCUT2D eigenvalue weighted by atomic mass is 9.94. The predicted octanol–water partition coefficient (Wildman–Crippen LogP) is -0.262. The van der Waals surface area contributed by atoms with E-state index in [0.29, 0.717) is 39.0 Å². The van der Waals surface area contributed by atoms with Crippen LogP contribution < -0.4 is 5.32 Å². The Kier molecular flexibility index (Phi) is 4.01. The summed E-state index contributed by atoms with van der Waals surface area (Å²) in [7, 11) is 2.00. The van der Waals surface area contributed by atoms with Crippen LogP contribution >= 0.6 is 0 Å². The number of rotatable bonds is 4. The molecule has 0 aromatic heterocycles. The first kappa shape index (κ1) is 12.8. The third kappa shape index (κ3) is 3.66. The summed E-state index contributed by atoms with van der Waals surface area (Å²) in [6.07, 6.45) is 2.95. The second-order valence-corrected chi connectivity index (χ2v) is 5.34. The fourth-order valence-corrected chi connectivity index (χ4v) is 2.67. The minimum absolute atomic E-state index is 0.146. The lowest BCUT2D eigenvalue weighted by Gasteiger charge is -2.36. The molecule has 0 aliphatic carbocycles. The summed E-state index contributed by atoms with van der Waals surface area (Å²) < 4.78 is 5.26. The highest BCUT2D eigenvalue weighted by molar-refractivity contribution is 5.78. The third-order valence-corrected chi connectivity index (χ3v) is 3.60. The van der Waals surface area contributed by atoms with Gasteiger partial charge in [0.1, 0.15) is 0 Å². The van der Waals surface area contributed by atoms with E-state index in [-0.39, 0.29) is 11.9 Å². The predicted molar refractivity (Wildman–Crippen MR) is 63.7 cm³/mol. The molecule has 0 saturated carbocycles. The molecule has 5 heteroatoms. The first-order valence-corrected chi connectivity index (χ1v) is 6.35. The van der Waals surface area contributed by atoms with Crippen LogP contribution in [0.3, 0.4) is 0 Å². The van der Waals surface area contributed by atoms with Crippen molar-refractivity contribution in [1.82, 2.24) is 10.2 Å². The molecule has 2 heterocycles. The maximum Gasteiger partial charge on any atom is 0.220 e. The van der Waals surface area contributed by atoms with Crippen LogP contribution in [0, 0.1) is 0 Å². The molecule has 2 aliphatic rings. The Morgan fingerprint density at radius 2 is 2.24 bits per heavy atom. The zero-order valence-corrected chi connectivity index (χ0v) is 10.4. The Morgan fingerprint density at radius 1 is 1.53 bits per heavy atom. The maximum atomic E-state index is 11.1. The Balaban J connectivity index is 1.76. The van der Waals surface area contributed by atoms with Crippen molar-refractivity contribution in [2.24, 2.45) is 0 Å². The summed E-state index contributed by atoms with van der Waals surface area (Å²) in [6, 6.07) is 0.246. The summed E-state index contributed by atoms with van der Waals surface area (Å²) >= 11 is 0. The molecule has 17 heavy (non-hydrogen) atoms. The van der Waals surface area contributed by atoms with Crippen LogP contribution in [0.4, 0.5) is 0 Å². The second kappa shape index (κ2) is 5.33. The van der Waals surface area contributed by atoms with Crippen molar-refractivity contribution in [2.75, 3.05) is 33.4 Å². The van der Waals surface area contributed by atoms with Gasteiger partial charge < -0.3 is 20.1 Å². The first-order valence-electron chi connectivity index (χ1n) is 6.35. The van der Waals surface area contributed by atoms with Gasteiger partial charge in [-0.15, -0.1) is 0 Å². The molecular formula is C12H22N2O3. The molecular weight excluding hydrogens is 220 g/mol. The second-order valence-electron chi connectivity index (χ2n) is 5.34. The van der Waals surface area contributed by atoms with E-state index < -0.39 is 5.60 Å². The number of likely N-dealkylation sites (N-methyl/N-ethyl adjacent to an activating group) is 1. The average molecular weight is 242 g/mol. The third-order valence-electron chi connectivity index (χ3n) is 3.60. The van der Waals surface area contributed by atoms with E-state index in [1.54, 1.807) is 0 Å². The van der Waals surface area contributed by atoms with Crippen molar-refractivity contribution < 1.29 is 14.6 Å². The number of hydrogen-bond acceptors (Lipinski definition) is 4. The van der Waals surface area contributed by atoms with Gasteiger partial charge >= 0.3 is 0 Å². The molecule has 2 N–H and O–H groups in total. The number of nitrogens with one attached hydrogen (secondary N) is 1. The van der Waals surface area contributed by atoms with Crippen molar-refractivity contribution in [1.29, 1.82) is 0 Å². The van der Waals surface area contributed by atoms with E-state index in [9.17, 15) is 9.90 Å². The highest BCUT2D eigenvalue weighted by Crippen LogP contribution is 2.21. The van der Waals surface area contributed by atoms with Gasteiger partial charge in [0.05, 0.1) is 5.60 Å². The summed E-state index contributed by atoms with van der Waals surface area (Å²) in [5.41, 5.74) is -0.615. The van der Waals surface area contributed by atoms with Crippen molar-refractivity contribution in [3.8, 4) is 0 Å². The first-order chi connectivity index (χ1) is 8.07. The van der Waals surface area contributed by atoms with Crippen molar-refractivity contribution in [3.63, 3.8) is 0 Å². The number of amides is 1. The van der Waals surface area contributed by atoms with Gasteiger partial charge in [0.25, 0.3) is 0 Å². The summed E-state index contributed by atoms with van der Waals surface area (Å²) in [5.74, 6) is 0.146. The number of hydrogen-bond donors (Lipinski definition) is 2. The highest BCUT2D eigenvalue weighted by Gasteiger charge is 2.32. The quantitative estimate of drug-likeness (QED) is 0.713. The van der Waals surface area contributed by atoms with Gasteiger partial charge in [-0.05, 0) is 13.5 Å². The SMILES string of the molecule is CN(CC1CCC(=O)N1)CC1(O)CCOCC1. The summed E-state index contributed by atoms with van der Waals surface area (Å²) in [6.45, 7) is 2.76. The van der Waals surface area contributed by atoms with Gasteiger partial charge in [0.2, 0.25) is 5.91 Å². The van der Waals surface area contributed by atoms with E-state index in [1.807, 2.05) is 7.05 Å². The molecule has 1 unspecified atom stereocenters. The molecule has 0 bridgehead atoms. The van der Waals surface area contributed by atoms with E-state index in [1.165, 1.54) is 0 Å². The minimum atomic E-state index is -0.615. The molecule has 1 atom stereocenters. The van der Waals surface area contributed by atoms with Gasteiger partial charge in [0.15, 0.2) is 0 Å². The topological polar surface area (TPSA) is 61.8 Å². The molecule has 2 saturated heterocycles. The Labute approximate surface area is 102 Å². The number of carbonyl (C=O) groups excluding carboxylic acids is 1. The van der Waals surface area contributed by atoms with Gasteiger partial charge in [-0.1, -0.05) is 0 Å². The molecule has 2 fully saturated rings. The van der Waals surface area contributed by atoms with Crippen LogP contribution in [0.25, 0.3) is 0 Å². The molecule has 2 rings (SSSR count). The maximum absolute atomic E-state index is 11.1. The molecule has 0 aromatic rings. The van der Waals surface area contributed by atoms with Crippen LogP contribution in [-0.4, -0.2) is 60.9 Å². The Hall–Kier alpha value is -0.650. The molecule has 1 amide bonds. The van der Waals surface area contributed by atoms with E-state index in [2.05, 4.69) is 10.2 Å². The standard InChI is InChI=1S/C12H22N2O3/c1-14(8-10-2-3-11(15)13-10)9-12(16)4-6-17-7-5-12/h10,16H,2-9H2,1H3,(H,13,15). The Morgan fingerprint density at radius 3 is 2.82 bits per heavy atom. The minimum Gasteiger partial charge on any atom is -0.388 e. The molecule has 0 spiro atoms. The molecule has 0 aromatic carbocycles. The Bertz CT molecular complexity index is 277. The lowest BCUT2D eigenvalue weighted by Crippen LogP contribution is -2.48. The average Bonchev–Trinajstić information content (AvgIpc) is 2.63. The zero-order valence-electron chi connectivity index (χ0n) is 10.4. The smallest absolute Gasteiger partial charge is 0.220 e. The largest absolute Gasteiger partial charge is 0.388 e. The van der Waals surface area contributed by atoms with E-state index in [4.69, 9.17) is 4.74 Å². The fraction of sp³-hybridized carbons (Fsp3) is 0.917. The molecule has 98 valence electrons. The molecule has 0 radical (unpaired) electrons. The van der Waals surface area contributed by atoms with E-state index >= 15 is 0 Å². The van der Waals surface area contributed by atoms with Crippen molar-refractivity contribution >= 4 is 5.91 Å². The van der Waals surface area contributed by atoms with Crippen LogP contribution in [0.1, 0.15) is 25.7 Å². The monoisotopic (exact) mass is 242 g/mol. The normalized spacial score (nSPS) is 28.4. The van der Waals surface area contributed by atoms with Crippen LogP contribution in [0.2, 0.25) is 0 Å². The molecule has 2 aliphatic heterocycles. The van der Waals surface area contributed by atoms with Crippen LogP contribution in [0.15, 0.2) is 0 Å². The summed E-state index contributed by atoms with van der Waals surface area (Å²) in [4.78, 5) is 13.2. The van der Waals surface area contributed by atoms with Crippen LogP contribution in [0.5, 0.6) is 0 Å². The lowest BCUT2D eigenvalue weighted by molar-refractivity contribution is -0.119. The van der Waals surface area contributed by atoms with Gasteiger partial charge in [0, 0.05) is 51.6 Å². The number of aliphatic hydroxyl groups is 1. The number of nitrogens with zero attached hydrogens (tertiary/aromatic N) is 1. The van der Waals surface area contributed by atoms with E-state index in [0.717, 1.165) is 13.0 Å². The molecule has 5 nitrogen and oxygen atoms in total. The van der Waals surface area contributed by atoms with Crippen molar-refractivity contribution in [2.45, 2.75) is 37.3 Å². The van der Waals surface area contributed by atoms with Gasteiger partial charge in [-0.25, -0.2) is 0 Å². The van der Waals surface area contributed by atoms with Crippen LogP contribution in [-0.2, 0) is 9.53 Å². The number of carbonyl (C=O) groups is 1. The fourth-order valence-electron chi connectivity index (χ4n) is 2.67. The number of ether oxygens (including phenoxy) is 1. The summed E-state index contributed by atoms with van der Waals surface area (Å²) in [5, 5.41) is 13.3.